The second-order valence-corrected chi connectivity index (χ2v) is 14.9. The molecule has 9 heteroatoms. The van der Waals surface area contributed by atoms with Crippen LogP contribution in [0.5, 0.6) is 0 Å². The van der Waals surface area contributed by atoms with E-state index in [4.69, 9.17) is 21.2 Å². The predicted molar refractivity (Wildman–Crippen MR) is 80.9 cm³/mol. The number of rotatable bonds is 5. The molecule has 0 aromatic heterocycles. The fourth-order valence-corrected chi connectivity index (χ4v) is 16.8. The fraction of sp³-hybridized carbons (Fsp3) is 1.00. The molecule has 0 saturated carbocycles. The van der Waals surface area contributed by atoms with Crippen LogP contribution in [0.2, 0.25) is 32.2 Å². The lowest BCUT2D eigenvalue weighted by Gasteiger charge is -2.37. The molecule has 1 aliphatic rings. The monoisotopic (exact) mass is 326 g/mol. The van der Waals surface area contributed by atoms with Crippen LogP contribution in [0.25, 0.3) is 0 Å². The maximum atomic E-state index is 6.17. The van der Waals surface area contributed by atoms with Gasteiger partial charge in [-0.2, -0.15) is 0 Å². The number of ether oxygens (including phenoxy) is 1. The maximum Gasteiger partial charge on any atom is 0.317 e. The Morgan fingerprint density at radius 3 is 2.06 bits per heavy atom. The smallest absolute Gasteiger partial charge is 0.317 e. The zero-order valence-corrected chi connectivity index (χ0v) is 16.6. The summed E-state index contributed by atoms with van der Waals surface area (Å²) in [7, 11) is -6.78. The molecule has 1 saturated heterocycles. The van der Waals surface area contributed by atoms with Crippen LogP contribution >= 0.6 is 0 Å². The van der Waals surface area contributed by atoms with Crippen LogP contribution in [0.4, 0.5) is 0 Å². The van der Waals surface area contributed by atoms with E-state index in [0.717, 1.165) is 25.7 Å². The van der Waals surface area contributed by atoms with Gasteiger partial charge in [-0.25, -0.2) is 0 Å². The highest BCUT2D eigenvalue weighted by Crippen LogP contribution is 2.21. The van der Waals surface area contributed by atoms with Crippen molar-refractivity contribution in [2.24, 2.45) is 0 Å². The van der Waals surface area contributed by atoms with Crippen LogP contribution in [0.1, 0.15) is 13.3 Å². The van der Waals surface area contributed by atoms with E-state index in [0.29, 0.717) is 0 Å². The zero-order valence-electron chi connectivity index (χ0n) is 12.1. The summed E-state index contributed by atoms with van der Waals surface area (Å²) in [5.74, 6) is 0. The Kier molecular flexibility index (Phi) is 7.49. The van der Waals surface area contributed by atoms with Crippen molar-refractivity contribution >= 4 is 36.4 Å². The second-order valence-electron chi connectivity index (χ2n) is 4.65. The first kappa shape index (κ1) is 16.7. The number of hydrogen-bond donors (Lipinski definition) is 0. The molecule has 0 N–H and O–H groups in total. The van der Waals surface area contributed by atoms with E-state index in [1.165, 1.54) is 0 Å². The van der Waals surface area contributed by atoms with Crippen molar-refractivity contribution in [2.45, 2.75) is 45.6 Å². The lowest BCUT2D eigenvalue weighted by atomic mass is 10.5. The van der Waals surface area contributed by atoms with Gasteiger partial charge in [0.15, 0.2) is 0 Å². The summed E-state index contributed by atoms with van der Waals surface area (Å²) in [6, 6.07) is 0.963. The van der Waals surface area contributed by atoms with Gasteiger partial charge in [0, 0.05) is 13.2 Å². The molecule has 0 bridgehead atoms. The van der Waals surface area contributed by atoms with E-state index in [-0.39, 0.29) is 0 Å². The molecule has 18 heavy (non-hydrogen) atoms. The highest BCUT2D eigenvalue weighted by Gasteiger charge is 2.38. The summed E-state index contributed by atoms with van der Waals surface area (Å²) < 4.78 is 29.5. The van der Waals surface area contributed by atoms with Crippen molar-refractivity contribution in [3.05, 3.63) is 0 Å². The van der Waals surface area contributed by atoms with E-state index in [1.807, 2.05) is 6.92 Å². The van der Waals surface area contributed by atoms with E-state index < -0.39 is 36.4 Å². The van der Waals surface area contributed by atoms with Crippen LogP contribution in [0.3, 0.4) is 0 Å². The minimum absolute atomic E-state index is 0.769. The van der Waals surface area contributed by atoms with Crippen molar-refractivity contribution < 1.29 is 21.2 Å². The van der Waals surface area contributed by atoms with Crippen molar-refractivity contribution in [3.63, 3.8) is 0 Å². The molecule has 0 radical (unpaired) electrons. The first-order valence-electron chi connectivity index (χ1n) is 6.69. The molecule has 1 aliphatic heterocycles. The standard InChI is InChI=1S/C9H26O5Si4/c1-6-10-8-7-9-18(5)13-16(3)11-15(2)12-17(4)14-18/h15-17H,6-9H2,1-5H3. The maximum absolute atomic E-state index is 6.17. The van der Waals surface area contributed by atoms with Gasteiger partial charge in [-0.15, -0.1) is 0 Å². The van der Waals surface area contributed by atoms with Crippen molar-refractivity contribution in [3.8, 4) is 0 Å². The molecule has 0 aliphatic carbocycles. The summed E-state index contributed by atoms with van der Waals surface area (Å²) in [4.78, 5) is 0. The number of hydrogen-bond acceptors (Lipinski definition) is 5. The predicted octanol–water partition coefficient (Wildman–Crippen LogP) is 1.12. The van der Waals surface area contributed by atoms with Gasteiger partial charge in [-0.1, -0.05) is 0 Å². The SMILES string of the molecule is CCOCCC[Si]1(C)O[SiH](C)O[SiH](C)O[SiH](C)O1. The molecule has 2 atom stereocenters. The first-order chi connectivity index (χ1) is 8.45. The van der Waals surface area contributed by atoms with E-state index in [1.54, 1.807) is 0 Å². The van der Waals surface area contributed by atoms with Gasteiger partial charge in [-0.3, -0.25) is 0 Å². The molecule has 1 rings (SSSR count). The minimum Gasteiger partial charge on any atom is -0.420 e. The molecule has 5 nitrogen and oxygen atoms in total. The van der Waals surface area contributed by atoms with Gasteiger partial charge in [-0.05, 0) is 45.6 Å². The van der Waals surface area contributed by atoms with Crippen LogP contribution in [-0.4, -0.2) is 49.6 Å². The summed E-state index contributed by atoms with van der Waals surface area (Å²) in [5.41, 5.74) is 0. The van der Waals surface area contributed by atoms with Gasteiger partial charge in [0.2, 0.25) is 0 Å². The summed E-state index contributed by atoms with van der Waals surface area (Å²) >= 11 is 0. The average Bonchev–Trinajstić information content (AvgIpc) is 2.21. The average molecular weight is 327 g/mol. The summed E-state index contributed by atoms with van der Waals surface area (Å²) in [6.45, 7) is 11.9. The molecule has 0 aromatic carbocycles. The third kappa shape index (κ3) is 6.21. The summed E-state index contributed by atoms with van der Waals surface area (Å²) in [5, 5.41) is 0. The largest absolute Gasteiger partial charge is 0.420 e. The molecule has 0 aromatic rings. The minimum atomic E-state index is -2.11. The molecule has 0 amide bonds. The lowest BCUT2D eigenvalue weighted by molar-refractivity contribution is 0.146. The van der Waals surface area contributed by atoms with Crippen molar-refractivity contribution in [1.29, 1.82) is 0 Å². The Hall–Kier alpha value is 0.668. The third-order valence-corrected chi connectivity index (χ3v) is 16.8. The Morgan fingerprint density at radius 2 is 1.56 bits per heavy atom. The molecule has 108 valence electrons. The highest BCUT2D eigenvalue weighted by atomic mass is 28.5. The van der Waals surface area contributed by atoms with Gasteiger partial charge < -0.3 is 21.2 Å². The zero-order chi connectivity index (χ0) is 13.6. The van der Waals surface area contributed by atoms with E-state index in [9.17, 15) is 0 Å². The van der Waals surface area contributed by atoms with Gasteiger partial charge in [0.1, 0.15) is 0 Å². The Morgan fingerprint density at radius 1 is 1.00 bits per heavy atom. The normalized spacial score (nSPS) is 38.2. The lowest BCUT2D eigenvalue weighted by Crippen LogP contribution is -2.53. The molecule has 0 spiro atoms. The van der Waals surface area contributed by atoms with Crippen LogP contribution in [0.15, 0.2) is 0 Å². The Bertz CT molecular complexity index is 231. The van der Waals surface area contributed by atoms with Crippen molar-refractivity contribution in [2.75, 3.05) is 13.2 Å². The second kappa shape index (κ2) is 8.07. The van der Waals surface area contributed by atoms with Gasteiger partial charge >= 0.3 is 8.56 Å². The molecular weight excluding hydrogens is 300 g/mol. The molecule has 1 fully saturated rings. The topological polar surface area (TPSA) is 46.2 Å². The van der Waals surface area contributed by atoms with Crippen molar-refractivity contribution in [1.82, 2.24) is 0 Å². The Balaban J connectivity index is 2.49. The molecule has 1 heterocycles. The van der Waals surface area contributed by atoms with E-state index in [2.05, 4.69) is 26.2 Å². The summed E-state index contributed by atoms with van der Waals surface area (Å²) in [6.07, 6.45) is 0.992. The van der Waals surface area contributed by atoms with Crippen LogP contribution in [-0.2, 0) is 21.2 Å². The van der Waals surface area contributed by atoms with Crippen LogP contribution < -0.4 is 0 Å². The molecular formula is C9H26O5Si4. The quantitative estimate of drug-likeness (QED) is 0.559. The van der Waals surface area contributed by atoms with Crippen LogP contribution in [0, 0.1) is 0 Å². The Labute approximate surface area is 117 Å². The highest BCUT2D eigenvalue weighted by molar-refractivity contribution is 6.81. The van der Waals surface area contributed by atoms with E-state index >= 15 is 0 Å². The fourth-order valence-electron chi connectivity index (χ4n) is 2.11. The van der Waals surface area contributed by atoms with Gasteiger partial charge in [0.05, 0.1) is 0 Å². The first-order valence-corrected chi connectivity index (χ1v) is 15.5. The molecule has 2 unspecified atom stereocenters. The third-order valence-electron chi connectivity index (χ3n) is 2.72. The van der Waals surface area contributed by atoms with Gasteiger partial charge in [0.25, 0.3) is 27.9 Å².